The lowest BCUT2D eigenvalue weighted by molar-refractivity contribution is 0.178. The zero-order valence-electron chi connectivity index (χ0n) is 11.2. The Balaban J connectivity index is 1.63. The second-order valence-corrected chi connectivity index (χ2v) is 5.01. The molecule has 0 bridgehead atoms. The number of rotatable bonds is 5. The van der Waals surface area contributed by atoms with E-state index in [4.69, 9.17) is 9.47 Å². The summed E-state index contributed by atoms with van der Waals surface area (Å²) in [6.45, 7) is 0.843. The average Bonchev–Trinajstić information content (AvgIpc) is 2.96. The molecular formula is C13H18N4O2. The summed E-state index contributed by atoms with van der Waals surface area (Å²) in [6.07, 6.45) is 3.76. The maximum absolute atomic E-state index is 5.23. The van der Waals surface area contributed by atoms with Crippen molar-refractivity contribution in [3.63, 3.8) is 0 Å². The fourth-order valence-electron chi connectivity index (χ4n) is 3.01. The van der Waals surface area contributed by atoms with Crippen LogP contribution in [-0.4, -0.2) is 36.5 Å². The molecule has 1 aromatic heterocycles. The number of methoxy groups -OCH3 is 2. The number of nitrogens with zero attached hydrogens (tertiary/aromatic N) is 3. The monoisotopic (exact) mass is 262 g/mol. The van der Waals surface area contributed by atoms with E-state index >= 15 is 0 Å². The maximum atomic E-state index is 5.23. The molecule has 3 unspecified atom stereocenters. The second-order valence-electron chi connectivity index (χ2n) is 5.01. The van der Waals surface area contributed by atoms with Crippen molar-refractivity contribution in [1.29, 1.82) is 0 Å². The third kappa shape index (κ3) is 2.40. The van der Waals surface area contributed by atoms with Crippen molar-refractivity contribution in [2.45, 2.75) is 12.8 Å². The summed E-state index contributed by atoms with van der Waals surface area (Å²) in [4.78, 5) is 8.07. The first-order chi connectivity index (χ1) is 9.33. The molecule has 6 nitrogen and oxygen atoms in total. The van der Waals surface area contributed by atoms with Gasteiger partial charge in [-0.25, -0.2) is 9.97 Å². The molecule has 3 rings (SSSR count). The summed E-state index contributed by atoms with van der Waals surface area (Å²) >= 11 is 0. The van der Waals surface area contributed by atoms with Crippen LogP contribution in [0.5, 0.6) is 5.88 Å². The first kappa shape index (κ1) is 12.3. The van der Waals surface area contributed by atoms with E-state index < -0.39 is 0 Å². The number of nitrogens with one attached hydrogen (secondary N) is 1. The van der Waals surface area contributed by atoms with Gasteiger partial charge >= 0.3 is 0 Å². The van der Waals surface area contributed by atoms with Gasteiger partial charge in [-0.3, -0.25) is 5.43 Å². The van der Waals surface area contributed by atoms with E-state index in [9.17, 15) is 0 Å². The first-order valence-electron chi connectivity index (χ1n) is 6.51. The van der Waals surface area contributed by atoms with Crippen LogP contribution in [-0.2, 0) is 4.74 Å². The van der Waals surface area contributed by atoms with Gasteiger partial charge in [-0.05, 0) is 24.7 Å². The zero-order valence-corrected chi connectivity index (χ0v) is 11.2. The quantitative estimate of drug-likeness (QED) is 0.815. The van der Waals surface area contributed by atoms with Crippen LogP contribution in [0.4, 0.5) is 5.82 Å². The molecule has 0 aromatic carbocycles. The fraction of sp³-hybridized carbons (Fsp3) is 0.615. The van der Waals surface area contributed by atoms with E-state index in [-0.39, 0.29) is 0 Å². The minimum absolute atomic E-state index is 0.533. The highest BCUT2D eigenvalue weighted by Crippen LogP contribution is 2.55. The second kappa shape index (κ2) is 5.13. The van der Waals surface area contributed by atoms with Crippen molar-refractivity contribution in [2.24, 2.45) is 22.9 Å². The number of ether oxygens (including phenoxy) is 2. The minimum Gasteiger partial charge on any atom is -0.481 e. The van der Waals surface area contributed by atoms with Gasteiger partial charge in [-0.15, -0.1) is 0 Å². The van der Waals surface area contributed by atoms with Gasteiger partial charge in [-0.2, -0.15) is 5.10 Å². The van der Waals surface area contributed by atoms with E-state index in [0.29, 0.717) is 23.5 Å². The van der Waals surface area contributed by atoms with Gasteiger partial charge in [0.15, 0.2) is 5.82 Å². The summed E-state index contributed by atoms with van der Waals surface area (Å²) < 4.78 is 10.3. The molecular weight excluding hydrogens is 244 g/mol. The van der Waals surface area contributed by atoms with Crippen LogP contribution < -0.4 is 10.2 Å². The molecule has 2 saturated carbocycles. The summed E-state index contributed by atoms with van der Waals surface area (Å²) in [6, 6.07) is 1.73. The summed E-state index contributed by atoms with van der Waals surface area (Å²) in [7, 11) is 3.34. The predicted molar refractivity (Wildman–Crippen MR) is 71.2 cm³/mol. The van der Waals surface area contributed by atoms with E-state index in [1.54, 1.807) is 20.3 Å². The summed E-state index contributed by atoms with van der Waals surface area (Å²) in [5, 5.41) is 4.49. The SMILES string of the molecule is COCC1C2CC/C(=N\Nc3cc(OC)ncn3)C21. The standard InChI is InChI=1S/C13H18N4O2/c1-18-6-9-8-3-4-10(13(8)9)16-17-11-5-12(19-2)15-7-14-11/h5,7-9,13H,3-4,6H2,1-2H3,(H,14,15,17)/b16-10+. The van der Waals surface area contributed by atoms with Crippen molar-refractivity contribution >= 4 is 11.5 Å². The molecule has 2 aliphatic rings. The highest BCUT2D eigenvalue weighted by Gasteiger charge is 2.56. The van der Waals surface area contributed by atoms with Crippen LogP contribution in [0.2, 0.25) is 0 Å². The molecule has 0 aliphatic heterocycles. The van der Waals surface area contributed by atoms with Crippen LogP contribution in [0.15, 0.2) is 17.5 Å². The fourth-order valence-corrected chi connectivity index (χ4v) is 3.01. The smallest absolute Gasteiger partial charge is 0.218 e. The number of hydrogen-bond donors (Lipinski definition) is 1. The van der Waals surface area contributed by atoms with Crippen LogP contribution in [0, 0.1) is 17.8 Å². The average molecular weight is 262 g/mol. The van der Waals surface area contributed by atoms with Gasteiger partial charge < -0.3 is 9.47 Å². The molecule has 2 fully saturated rings. The van der Waals surface area contributed by atoms with Crippen molar-refractivity contribution in [3.8, 4) is 5.88 Å². The Morgan fingerprint density at radius 3 is 3.11 bits per heavy atom. The summed E-state index contributed by atoms with van der Waals surface area (Å²) in [5.41, 5.74) is 4.24. The lowest BCUT2D eigenvalue weighted by atomic mass is 10.1. The summed E-state index contributed by atoms with van der Waals surface area (Å²) in [5.74, 6) is 3.24. The third-order valence-electron chi connectivity index (χ3n) is 3.97. The predicted octanol–water partition coefficient (Wildman–Crippen LogP) is 1.56. The molecule has 3 atom stereocenters. The minimum atomic E-state index is 0.533. The highest BCUT2D eigenvalue weighted by atomic mass is 16.5. The Hall–Kier alpha value is -1.69. The van der Waals surface area contributed by atoms with Crippen molar-refractivity contribution in [3.05, 3.63) is 12.4 Å². The molecule has 6 heteroatoms. The van der Waals surface area contributed by atoms with Gasteiger partial charge in [0.1, 0.15) is 6.33 Å². The number of fused-ring (bicyclic) bond motifs is 1. The molecule has 1 heterocycles. The van der Waals surface area contributed by atoms with E-state index in [0.717, 1.165) is 18.9 Å². The van der Waals surface area contributed by atoms with Crippen LogP contribution >= 0.6 is 0 Å². The van der Waals surface area contributed by atoms with Gasteiger partial charge in [0.2, 0.25) is 5.88 Å². The van der Waals surface area contributed by atoms with Crippen molar-refractivity contribution in [2.75, 3.05) is 26.3 Å². The lowest BCUT2D eigenvalue weighted by Crippen LogP contribution is -2.07. The Kier molecular flexibility index (Phi) is 3.33. The number of hydrazone groups is 1. The Bertz CT molecular complexity index is 491. The van der Waals surface area contributed by atoms with Crippen LogP contribution in [0.3, 0.4) is 0 Å². The molecule has 102 valence electrons. The normalized spacial score (nSPS) is 30.2. The van der Waals surface area contributed by atoms with Crippen LogP contribution in [0.1, 0.15) is 12.8 Å². The van der Waals surface area contributed by atoms with Gasteiger partial charge in [0, 0.05) is 31.4 Å². The lowest BCUT2D eigenvalue weighted by Gasteiger charge is -2.06. The number of aromatic nitrogens is 2. The third-order valence-corrected chi connectivity index (χ3v) is 3.97. The van der Waals surface area contributed by atoms with Gasteiger partial charge in [0.25, 0.3) is 0 Å². The molecule has 0 amide bonds. The topological polar surface area (TPSA) is 68.6 Å². The van der Waals surface area contributed by atoms with Crippen molar-refractivity contribution < 1.29 is 9.47 Å². The van der Waals surface area contributed by atoms with Crippen LogP contribution in [0.25, 0.3) is 0 Å². The van der Waals surface area contributed by atoms with E-state index in [2.05, 4.69) is 20.5 Å². The number of anilines is 1. The molecule has 2 aliphatic carbocycles. The molecule has 0 radical (unpaired) electrons. The Morgan fingerprint density at radius 2 is 2.32 bits per heavy atom. The molecule has 0 saturated heterocycles. The molecule has 1 N–H and O–H groups in total. The zero-order chi connectivity index (χ0) is 13.2. The molecule has 19 heavy (non-hydrogen) atoms. The molecule has 1 aromatic rings. The first-order valence-corrected chi connectivity index (χ1v) is 6.51. The highest BCUT2D eigenvalue weighted by molar-refractivity contribution is 5.92. The van der Waals surface area contributed by atoms with Gasteiger partial charge in [-0.1, -0.05) is 0 Å². The van der Waals surface area contributed by atoms with E-state index in [1.165, 1.54) is 18.5 Å². The maximum Gasteiger partial charge on any atom is 0.218 e. The number of hydrogen-bond acceptors (Lipinski definition) is 6. The van der Waals surface area contributed by atoms with Crippen molar-refractivity contribution in [1.82, 2.24) is 9.97 Å². The Labute approximate surface area is 112 Å². The largest absolute Gasteiger partial charge is 0.481 e. The van der Waals surface area contributed by atoms with E-state index in [1.807, 2.05) is 0 Å². The van der Waals surface area contributed by atoms with Gasteiger partial charge in [0.05, 0.1) is 7.11 Å². The Morgan fingerprint density at radius 1 is 1.42 bits per heavy atom. The molecule has 0 spiro atoms.